The highest BCUT2D eigenvalue weighted by atomic mass is 35.5. The van der Waals surface area contributed by atoms with Gasteiger partial charge in [0.2, 0.25) is 0 Å². The number of esters is 2. The molecule has 0 unspecified atom stereocenters. The number of nitrogens with zero attached hydrogens (tertiary/aromatic N) is 2. The average Bonchev–Trinajstić information content (AvgIpc) is 3.06. The fraction of sp³-hybridized carbons (Fsp3) is 0.0909. The van der Waals surface area contributed by atoms with Gasteiger partial charge in [-0.15, -0.1) is 0 Å². The number of benzene rings is 3. The van der Waals surface area contributed by atoms with Crippen molar-refractivity contribution in [2.75, 3.05) is 23.8 Å². The first-order valence-corrected chi connectivity index (χ1v) is 14.6. The number of pyridine rings is 2. The van der Waals surface area contributed by atoms with E-state index in [0.717, 1.165) is 12.1 Å². The maximum Gasteiger partial charge on any atom is 0.417 e. The summed E-state index contributed by atoms with van der Waals surface area (Å²) >= 11 is 11.6. The Hall–Kier alpha value is -5.60. The minimum atomic E-state index is -4.69. The van der Waals surface area contributed by atoms with Gasteiger partial charge in [-0.2, -0.15) is 13.2 Å². The van der Waals surface area contributed by atoms with Crippen molar-refractivity contribution < 1.29 is 46.2 Å². The molecule has 0 saturated heterocycles. The van der Waals surface area contributed by atoms with E-state index in [9.17, 15) is 36.7 Å². The minimum absolute atomic E-state index is 0.0371. The first kappa shape index (κ1) is 34.7. The topological polar surface area (TPSA) is 137 Å². The monoisotopic (exact) mass is 714 g/mol. The summed E-state index contributed by atoms with van der Waals surface area (Å²) < 4.78 is 63.4. The van der Waals surface area contributed by atoms with Crippen molar-refractivity contribution in [3.63, 3.8) is 0 Å². The first-order chi connectivity index (χ1) is 23.3. The molecule has 16 heteroatoms. The predicted molar refractivity (Wildman–Crippen MR) is 171 cm³/mol. The van der Waals surface area contributed by atoms with Gasteiger partial charge in [0, 0.05) is 12.4 Å². The number of rotatable bonds is 9. The van der Waals surface area contributed by atoms with Gasteiger partial charge in [0.05, 0.1) is 26.7 Å². The van der Waals surface area contributed by atoms with Crippen molar-refractivity contribution in [2.45, 2.75) is 6.18 Å². The molecule has 0 atom stereocenters. The molecule has 2 heterocycles. The molecule has 2 N–H and O–H groups in total. The van der Waals surface area contributed by atoms with Gasteiger partial charge in [-0.1, -0.05) is 47.5 Å². The van der Waals surface area contributed by atoms with Crippen molar-refractivity contribution in [1.82, 2.24) is 9.97 Å². The summed E-state index contributed by atoms with van der Waals surface area (Å²) in [5.74, 6) is -4.45. The molecule has 5 aromatic rings. The summed E-state index contributed by atoms with van der Waals surface area (Å²) in [7, 11) is 0. The quantitative estimate of drug-likeness (QED) is 0.119. The molecule has 250 valence electrons. The molecule has 3 aromatic carbocycles. The van der Waals surface area contributed by atoms with Crippen LogP contribution in [-0.4, -0.2) is 46.9 Å². The number of ether oxygens (including phenoxy) is 2. The van der Waals surface area contributed by atoms with Crippen molar-refractivity contribution in [3.05, 3.63) is 118 Å². The van der Waals surface area contributed by atoms with E-state index in [1.165, 1.54) is 30.5 Å². The lowest BCUT2D eigenvalue weighted by Crippen LogP contribution is -2.22. The number of hydrogen-bond donors (Lipinski definition) is 2. The van der Waals surface area contributed by atoms with Gasteiger partial charge in [0.1, 0.15) is 11.6 Å². The highest BCUT2D eigenvalue weighted by Gasteiger charge is 2.31. The normalized spacial score (nSPS) is 11.1. The van der Waals surface area contributed by atoms with E-state index in [1.807, 2.05) is 0 Å². The zero-order valence-corrected chi connectivity index (χ0v) is 26.1. The standard InChI is InChI=1S/C33H20Cl2F4N4O6/c34-22-6-7-27(40-14-22)42-28(44)15-48-31(46)20-8-19(9-23(36)10-20)18-5-4-17-2-1-3-24(25(17)11-18)32(47)49-16-29(45)43-30-26(35)12-21(13-41-30)33(37,38)39/h1-14H,15-16H2,(H,40,42,44)(H,41,43,45). The summed E-state index contributed by atoms with van der Waals surface area (Å²) in [6.07, 6.45) is -2.88. The number of aromatic nitrogens is 2. The third-order valence-corrected chi connectivity index (χ3v) is 7.17. The average molecular weight is 715 g/mol. The molecule has 0 aliphatic rings. The molecule has 10 nitrogen and oxygen atoms in total. The molecule has 2 amide bonds. The number of anilines is 2. The van der Waals surface area contributed by atoms with Crippen LogP contribution in [0.15, 0.2) is 85.2 Å². The smallest absolute Gasteiger partial charge is 0.417 e. The molecule has 5 rings (SSSR count). The number of carbonyl (C=O) groups excluding carboxylic acids is 4. The van der Waals surface area contributed by atoms with Crippen LogP contribution in [0, 0.1) is 5.82 Å². The summed E-state index contributed by atoms with van der Waals surface area (Å²) in [4.78, 5) is 57.7. The number of nitrogens with one attached hydrogen (secondary N) is 2. The van der Waals surface area contributed by atoms with E-state index in [4.69, 9.17) is 32.7 Å². The number of halogens is 6. The molecule has 0 fully saturated rings. The molecule has 0 spiro atoms. The highest BCUT2D eigenvalue weighted by molar-refractivity contribution is 6.33. The van der Waals surface area contributed by atoms with E-state index in [2.05, 4.69) is 20.6 Å². The Kier molecular flexibility index (Phi) is 10.4. The number of carbonyl (C=O) groups is 4. The second-order valence-electron chi connectivity index (χ2n) is 10.1. The number of hydrogen-bond acceptors (Lipinski definition) is 8. The summed E-state index contributed by atoms with van der Waals surface area (Å²) in [6.45, 7) is -1.50. The third kappa shape index (κ3) is 8.86. The van der Waals surface area contributed by atoms with Crippen molar-refractivity contribution in [1.29, 1.82) is 0 Å². The van der Waals surface area contributed by atoms with Gasteiger partial charge in [-0.05, 0) is 70.4 Å². The summed E-state index contributed by atoms with van der Waals surface area (Å²) in [5.41, 5.74) is -0.621. The fourth-order valence-electron chi connectivity index (χ4n) is 4.41. The SMILES string of the molecule is O=C(COC(=O)c1cc(F)cc(-c2ccc3cccc(C(=O)OCC(=O)Nc4ncc(C(F)(F)F)cc4Cl)c3c2)c1)Nc1ccc(Cl)cn1. The van der Waals surface area contributed by atoms with Crippen LogP contribution in [0.4, 0.5) is 29.2 Å². The van der Waals surface area contributed by atoms with E-state index in [0.29, 0.717) is 33.6 Å². The number of fused-ring (bicyclic) bond motifs is 1. The molecule has 49 heavy (non-hydrogen) atoms. The van der Waals surface area contributed by atoms with Crippen molar-refractivity contribution in [2.24, 2.45) is 0 Å². The second kappa shape index (κ2) is 14.7. The van der Waals surface area contributed by atoms with E-state index in [-0.39, 0.29) is 28.3 Å². The molecule has 2 aromatic heterocycles. The lowest BCUT2D eigenvalue weighted by Gasteiger charge is -2.12. The molecule has 0 saturated carbocycles. The van der Waals surface area contributed by atoms with Crippen molar-refractivity contribution >= 4 is 69.4 Å². The van der Waals surface area contributed by atoms with Gasteiger partial charge < -0.3 is 20.1 Å². The predicted octanol–water partition coefficient (Wildman–Crippen LogP) is 7.35. The first-order valence-electron chi connectivity index (χ1n) is 13.9. The van der Waals surface area contributed by atoms with Gasteiger partial charge in [-0.25, -0.2) is 23.9 Å². The Morgan fingerprint density at radius 2 is 1.49 bits per heavy atom. The van der Waals surface area contributed by atoms with Crippen LogP contribution in [0.3, 0.4) is 0 Å². The lowest BCUT2D eigenvalue weighted by atomic mass is 9.97. The third-order valence-electron chi connectivity index (χ3n) is 6.66. The molecule has 0 bridgehead atoms. The minimum Gasteiger partial charge on any atom is -0.452 e. The van der Waals surface area contributed by atoms with Gasteiger partial charge in [-0.3, -0.25) is 9.59 Å². The van der Waals surface area contributed by atoms with Gasteiger partial charge >= 0.3 is 18.1 Å². The zero-order chi connectivity index (χ0) is 35.3. The second-order valence-corrected chi connectivity index (χ2v) is 11.0. The number of alkyl halides is 3. The maximum absolute atomic E-state index is 14.7. The summed E-state index contributed by atoms with van der Waals surface area (Å²) in [5, 5.41) is 5.44. The Labute approximate surface area is 284 Å². The summed E-state index contributed by atoms with van der Waals surface area (Å²) in [6, 6.07) is 16.5. The Morgan fingerprint density at radius 3 is 2.18 bits per heavy atom. The van der Waals surface area contributed by atoms with E-state index in [1.54, 1.807) is 30.3 Å². The zero-order valence-electron chi connectivity index (χ0n) is 24.6. The van der Waals surface area contributed by atoms with E-state index < -0.39 is 59.5 Å². The van der Waals surface area contributed by atoms with Crippen LogP contribution in [0.2, 0.25) is 10.0 Å². The van der Waals surface area contributed by atoms with Gasteiger partial charge in [0.15, 0.2) is 19.0 Å². The van der Waals surface area contributed by atoms with Crippen LogP contribution >= 0.6 is 23.2 Å². The molecule has 0 aliphatic heterocycles. The Bertz CT molecular complexity index is 2100. The maximum atomic E-state index is 14.7. The van der Waals surface area contributed by atoms with Crippen LogP contribution in [0.5, 0.6) is 0 Å². The lowest BCUT2D eigenvalue weighted by molar-refractivity contribution is -0.137. The van der Waals surface area contributed by atoms with Crippen LogP contribution < -0.4 is 10.6 Å². The fourth-order valence-corrected chi connectivity index (χ4v) is 4.73. The van der Waals surface area contributed by atoms with E-state index >= 15 is 0 Å². The van der Waals surface area contributed by atoms with Gasteiger partial charge in [0.25, 0.3) is 11.8 Å². The molecule has 0 radical (unpaired) electrons. The van der Waals surface area contributed by atoms with Crippen LogP contribution in [0.25, 0.3) is 21.9 Å². The largest absolute Gasteiger partial charge is 0.452 e. The van der Waals surface area contributed by atoms with Crippen LogP contribution in [0.1, 0.15) is 26.3 Å². The molecular formula is C33H20Cl2F4N4O6. The highest BCUT2D eigenvalue weighted by Crippen LogP contribution is 2.32. The molecular weight excluding hydrogens is 695 g/mol. The van der Waals surface area contributed by atoms with Crippen LogP contribution in [-0.2, 0) is 25.2 Å². The Morgan fingerprint density at radius 1 is 0.755 bits per heavy atom. The number of amides is 2. The van der Waals surface area contributed by atoms with Crippen molar-refractivity contribution in [3.8, 4) is 11.1 Å². The molecule has 0 aliphatic carbocycles. The Balaban J connectivity index is 1.27.